The number of hydrogen-bond donors (Lipinski definition) is 3. The summed E-state index contributed by atoms with van der Waals surface area (Å²) in [5.41, 5.74) is 4.96. The maximum Gasteiger partial charge on any atom is 0.326 e. The highest BCUT2D eigenvalue weighted by Gasteiger charge is 2.28. The Hall–Kier alpha value is -1.83. The van der Waals surface area contributed by atoms with Crippen molar-refractivity contribution in [3.05, 3.63) is 0 Å². The van der Waals surface area contributed by atoms with Gasteiger partial charge in [-0.2, -0.15) is 0 Å². The molecule has 8 heteroatoms. The number of rotatable bonds is 6. The monoisotopic (exact) mass is 287 g/mol. The number of urea groups is 1. The zero-order chi connectivity index (χ0) is 15.1. The van der Waals surface area contributed by atoms with Crippen LogP contribution in [0.3, 0.4) is 0 Å². The van der Waals surface area contributed by atoms with E-state index >= 15 is 0 Å². The molecule has 1 aliphatic rings. The van der Waals surface area contributed by atoms with Gasteiger partial charge in [-0.1, -0.05) is 0 Å². The van der Waals surface area contributed by atoms with E-state index in [1.807, 2.05) is 6.92 Å². The number of primary amides is 1. The normalized spacial score (nSPS) is 20.2. The molecule has 8 nitrogen and oxygen atoms in total. The van der Waals surface area contributed by atoms with Crippen LogP contribution in [-0.2, 0) is 14.3 Å². The van der Waals surface area contributed by atoms with E-state index < -0.39 is 30.4 Å². The van der Waals surface area contributed by atoms with E-state index in [1.165, 1.54) is 4.90 Å². The summed E-state index contributed by atoms with van der Waals surface area (Å²) >= 11 is 0. The van der Waals surface area contributed by atoms with Gasteiger partial charge in [0.15, 0.2) is 0 Å². The fraction of sp³-hybridized carbons (Fsp3) is 0.750. The van der Waals surface area contributed by atoms with E-state index in [9.17, 15) is 14.4 Å². The molecule has 3 amide bonds. The third-order valence-electron chi connectivity index (χ3n) is 3.07. The second kappa shape index (κ2) is 7.68. The lowest BCUT2D eigenvalue weighted by Gasteiger charge is -2.33. The number of nitrogens with two attached hydrogens (primary N) is 1. The summed E-state index contributed by atoms with van der Waals surface area (Å²) in [6, 6.07) is -1.81. The van der Waals surface area contributed by atoms with E-state index in [-0.39, 0.29) is 6.10 Å². The fourth-order valence-electron chi connectivity index (χ4n) is 2.14. The van der Waals surface area contributed by atoms with Gasteiger partial charge < -0.3 is 25.8 Å². The van der Waals surface area contributed by atoms with Crippen LogP contribution in [0.25, 0.3) is 0 Å². The Labute approximate surface area is 117 Å². The van der Waals surface area contributed by atoms with Crippen LogP contribution in [0.2, 0.25) is 0 Å². The van der Waals surface area contributed by atoms with Crippen LogP contribution in [0.1, 0.15) is 26.2 Å². The smallest absolute Gasteiger partial charge is 0.326 e. The zero-order valence-corrected chi connectivity index (χ0v) is 11.5. The van der Waals surface area contributed by atoms with E-state index in [4.69, 9.17) is 15.6 Å². The van der Waals surface area contributed by atoms with Crippen LogP contribution in [0, 0.1) is 0 Å². The third kappa shape index (κ3) is 5.04. The van der Waals surface area contributed by atoms with Crippen molar-refractivity contribution in [2.45, 2.75) is 38.3 Å². The first kappa shape index (κ1) is 16.2. The molecule has 1 fully saturated rings. The lowest BCUT2D eigenvalue weighted by atomic mass is 10.1. The van der Waals surface area contributed by atoms with Gasteiger partial charge in [0.25, 0.3) is 0 Å². The first-order valence-electron chi connectivity index (χ1n) is 6.62. The number of carboxylic acid groups (broad SMARTS) is 1. The first-order valence-corrected chi connectivity index (χ1v) is 6.62. The molecule has 0 aliphatic carbocycles. The van der Waals surface area contributed by atoms with Crippen molar-refractivity contribution in [1.29, 1.82) is 0 Å². The molecule has 1 rings (SSSR count). The highest BCUT2D eigenvalue weighted by Crippen LogP contribution is 2.13. The van der Waals surface area contributed by atoms with Crippen molar-refractivity contribution >= 4 is 17.9 Å². The van der Waals surface area contributed by atoms with E-state index in [0.717, 1.165) is 12.8 Å². The zero-order valence-electron chi connectivity index (χ0n) is 11.5. The summed E-state index contributed by atoms with van der Waals surface area (Å²) in [4.78, 5) is 35.2. The summed E-state index contributed by atoms with van der Waals surface area (Å²) in [6.45, 7) is 3.41. The van der Waals surface area contributed by atoms with Gasteiger partial charge >= 0.3 is 12.0 Å². The van der Waals surface area contributed by atoms with Gasteiger partial charge in [0.1, 0.15) is 6.04 Å². The minimum atomic E-state index is -1.30. The largest absolute Gasteiger partial charge is 0.480 e. The van der Waals surface area contributed by atoms with Gasteiger partial charge in [-0.3, -0.25) is 4.79 Å². The van der Waals surface area contributed by atoms with Crippen molar-refractivity contribution in [1.82, 2.24) is 10.2 Å². The van der Waals surface area contributed by atoms with Crippen LogP contribution < -0.4 is 11.1 Å². The Morgan fingerprint density at radius 1 is 1.50 bits per heavy atom. The number of carboxylic acids is 1. The first-order chi connectivity index (χ1) is 9.43. The summed E-state index contributed by atoms with van der Waals surface area (Å²) in [6.07, 6.45) is 1.22. The van der Waals surface area contributed by atoms with E-state index in [1.54, 1.807) is 0 Å². The number of nitrogens with one attached hydrogen (secondary N) is 1. The summed E-state index contributed by atoms with van der Waals surface area (Å²) in [7, 11) is 0. The maximum atomic E-state index is 12.0. The number of carbonyl (C=O) groups is 3. The predicted octanol–water partition coefficient (Wildman–Crippen LogP) is -0.474. The maximum absolute atomic E-state index is 12.0. The number of likely N-dealkylation sites (tertiary alicyclic amines) is 1. The molecular weight excluding hydrogens is 266 g/mol. The Morgan fingerprint density at radius 2 is 2.20 bits per heavy atom. The topological polar surface area (TPSA) is 122 Å². The SMILES string of the molecule is CCOC1CCCN(C(=O)N[C@H](CC(N)=O)C(=O)O)C1. The molecule has 1 heterocycles. The predicted molar refractivity (Wildman–Crippen MR) is 70.0 cm³/mol. The number of nitrogens with zero attached hydrogens (tertiary/aromatic N) is 1. The van der Waals surface area contributed by atoms with Gasteiger partial charge in [-0.15, -0.1) is 0 Å². The van der Waals surface area contributed by atoms with Crippen LogP contribution in [0.4, 0.5) is 4.79 Å². The van der Waals surface area contributed by atoms with Gasteiger partial charge in [0, 0.05) is 19.7 Å². The molecule has 4 N–H and O–H groups in total. The number of ether oxygens (including phenoxy) is 1. The Bertz CT molecular complexity index is 372. The Kier molecular flexibility index (Phi) is 6.23. The number of piperidine rings is 1. The van der Waals surface area contributed by atoms with Crippen LogP contribution in [-0.4, -0.2) is 59.8 Å². The molecule has 0 spiro atoms. The Balaban J connectivity index is 2.55. The van der Waals surface area contributed by atoms with Crippen molar-refractivity contribution in [2.24, 2.45) is 5.73 Å². The Morgan fingerprint density at radius 3 is 2.75 bits per heavy atom. The quantitative estimate of drug-likeness (QED) is 0.609. The number of hydrogen-bond acceptors (Lipinski definition) is 4. The number of carbonyl (C=O) groups excluding carboxylic acids is 2. The van der Waals surface area contributed by atoms with E-state index in [0.29, 0.717) is 19.7 Å². The molecule has 0 aromatic rings. The molecule has 0 radical (unpaired) electrons. The molecule has 1 aliphatic heterocycles. The molecule has 0 aromatic carbocycles. The van der Waals surface area contributed by atoms with Crippen molar-refractivity contribution < 1.29 is 24.2 Å². The molecule has 2 atom stereocenters. The van der Waals surface area contributed by atoms with Crippen LogP contribution in [0.5, 0.6) is 0 Å². The number of amides is 3. The second-order valence-electron chi connectivity index (χ2n) is 4.68. The van der Waals surface area contributed by atoms with Crippen LogP contribution in [0.15, 0.2) is 0 Å². The average Bonchev–Trinajstić information content (AvgIpc) is 2.38. The van der Waals surface area contributed by atoms with E-state index in [2.05, 4.69) is 5.32 Å². The molecule has 20 heavy (non-hydrogen) atoms. The summed E-state index contributed by atoms with van der Waals surface area (Å²) in [5, 5.41) is 11.3. The standard InChI is InChI=1S/C12H21N3O5/c1-2-20-8-4-3-5-15(7-8)12(19)14-9(11(17)18)6-10(13)16/h8-9H,2-7H2,1H3,(H2,13,16)(H,14,19)(H,17,18)/t8?,9-/m1/s1. The molecule has 114 valence electrons. The van der Waals surface area contributed by atoms with Crippen molar-refractivity contribution in [2.75, 3.05) is 19.7 Å². The lowest BCUT2D eigenvalue weighted by molar-refractivity contribution is -0.141. The minimum Gasteiger partial charge on any atom is -0.480 e. The molecule has 0 bridgehead atoms. The number of aliphatic carboxylic acids is 1. The van der Waals surface area contributed by atoms with Gasteiger partial charge in [-0.05, 0) is 19.8 Å². The fourth-order valence-corrected chi connectivity index (χ4v) is 2.14. The summed E-state index contributed by atoms with van der Waals surface area (Å²) in [5.74, 6) is -2.06. The second-order valence-corrected chi connectivity index (χ2v) is 4.68. The van der Waals surface area contributed by atoms with Gasteiger partial charge in [-0.25, -0.2) is 9.59 Å². The highest BCUT2D eigenvalue weighted by atomic mass is 16.5. The highest BCUT2D eigenvalue weighted by molar-refractivity contribution is 5.87. The van der Waals surface area contributed by atoms with Crippen molar-refractivity contribution in [3.8, 4) is 0 Å². The third-order valence-corrected chi connectivity index (χ3v) is 3.07. The lowest BCUT2D eigenvalue weighted by Crippen LogP contribution is -2.52. The minimum absolute atomic E-state index is 0.0288. The molecular formula is C12H21N3O5. The summed E-state index contributed by atoms with van der Waals surface area (Å²) < 4.78 is 5.47. The molecule has 1 saturated heterocycles. The average molecular weight is 287 g/mol. The van der Waals surface area contributed by atoms with Crippen LogP contribution >= 0.6 is 0 Å². The molecule has 0 saturated carbocycles. The molecule has 1 unspecified atom stereocenters. The van der Waals surface area contributed by atoms with Gasteiger partial charge in [0.05, 0.1) is 12.5 Å². The van der Waals surface area contributed by atoms with Crippen molar-refractivity contribution in [3.63, 3.8) is 0 Å². The molecule has 0 aromatic heterocycles. The van der Waals surface area contributed by atoms with Gasteiger partial charge in [0.2, 0.25) is 5.91 Å².